The maximum atomic E-state index is 12.2. The number of carbonyl (C=O) groups excluding carboxylic acids is 1. The number of nitrogens with two attached hydrogens (primary N) is 1. The van der Waals surface area contributed by atoms with E-state index in [0.717, 1.165) is 19.4 Å². The van der Waals surface area contributed by atoms with Crippen LogP contribution in [-0.2, 0) is 11.3 Å². The Balaban J connectivity index is 0.00000176. The highest BCUT2D eigenvalue weighted by Crippen LogP contribution is 2.17. The average molecular weight is 326 g/mol. The van der Waals surface area contributed by atoms with Crippen LogP contribution in [0.1, 0.15) is 19.3 Å². The number of fused-ring (bicyclic) bond motifs is 1. The topological polar surface area (TPSA) is 85.6 Å². The Labute approximate surface area is 134 Å². The van der Waals surface area contributed by atoms with Gasteiger partial charge in [0.1, 0.15) is 0 Å². The van der Waals surface area contributed by atoms with Crippen molar-refractivity contribution < 1.29 is 4.79 Å². The largest absolute Gasteiger partial charge is 0.350 e. The van der Waals surface area contributed by atoms with E-state index in [-0.39, 0.29) is 36.5 Å². The van der Waals surface area contributed by atoms with Crippen molar-refractivity contribution >= 4 is 24.0 Å². The van der Waals surface area contributed by atoms with Crippen LogP contribution in [0.3, 0.4) is 0 Å². The zero-order valence-electron chi connectivity index (χ0n) is 12.2. The third-order valence-corrected chi connectivity index (χ3v) is 4.00. The fourth-order valence-electron chi connectivity index (χ4n) is 2.87. The van der Waals surface area contributed by atoms with Crippen LogP contribution in [0.15, 0.2) is 29.2 Å². The molecule has 0 radical (unpaired) electrons. The molecule has 0 aromatic carbocycles. The number of hydrogen-bond donors (Lipinski definition) is 1. The van der Waals surface area contributed by atoms with Gasteiger partial charge in [-0.2, -0.15) is 0 Å². The summed E-state index contributed by atoms with van der Waals surface area (Å²) in [6.45, 7) is 1.56. The third kappa shape index (κ3) is 3.00. The van der Waals surface area contributed by atoms with E-state index < -0.39 is 0 Å². The molecule has 3 rings (SSSR count). The third-order valence-electron chi connectivity index (χ3n) is 4.00. The number of likely N-dealkylation sites (tertiary alicyclic amines) is 1. The highest BCUT2D eigenvalue weighted by atomic mass is 35.5. The molecule has 2 aromatic rings. The molecule has 1 fully saturated rings. The van der Waals surface area contributed by atoms with E-state index in [0.29, 0.717) is 18.7 Å². The second-order valence-electron chi connectivity index (χ2n) is 5.30. The first-order valence-corrected chi connectivity index (χ1v) is 7.24. The Bertz CT molecular complexity index is 711. The van der Waals surface area contributed by atoms with Crippen molar-refractivity contribution in [3.63, 3.8) is 0 Å². The molecule has 0 aliphatic carbocycles. The molecule has 0 saturated carbocycles. The summed E-state index contributed by atoms with van der Waals surface area (Å²) in [5.41, 5.74) is 6.06. The van der Waals surface area contributed by atoms with Gasteiger partial charge in [0.15, 0.2) is 5.65 Å². The normalized spacial score (nSPS) is 17.7. The van der Waals surface area contributed by atoms with Crippen molar-refractivity contribution in [3.05, 3.63) is 34.9 Å². The summed E-state index contributed by atoms with van der Waals surface area (Å²) in [5, 5.41) is 4.22. The first kappa shape index (κ1) is 16.5. The van der Waals surface area contributed by atoms with E-state index >= 15 is 0 Å². The number of pyridine rings is 1. The molecule has 2 N–H and O–H groups in total. The number of carbonyl (C=O) groups is 1. The van der Waals surface area contributed by atoms with Crippen molar-refractivity contribution in [2.24, 2.45) is 5.73 Å². The molecule has 22 heavy (non-hydrogen) atoms. The molecular formula is C14H20ClN5O2. The fraction of sp³-hybridized carbons (Fsp3) is 0.500. The van der Waals surface area contributed by atoms with Crippen molar-refractivity contribution in [2.75, 3.05) is 13.1 Å². The minimum absolute atomic E-state index is 0. The summed E-state index contributed by atoms with van der Waals surface area (Å²) in [4.78, 5) is 26.2. The molecule has 0 bridgehead atoms. The Hall–Kier alpha value is -1.86. The predicted molar refractivity (Wildman–Crippen MR) is 85.1 cm³/mol. The molecule has 1 saturated heterocycles. The van der Waals surface area contributed by atoms with Gasteiger partial charge in [-0.3, -0.25) is 9.20 Å². The molecule has 1 amide bonds. The van der Waals surface area contributed by atoms with E-state index in [4.69, 9.17) is 5.73 Å². The van der Waals surface area contributed by atoms with Crippen molar-refractivity contribution in [2.45, 2.75) is 31.8 Å². The van der Waals surface area contributed by atoms with E-state index in [2.05, 4.69) is 5.10 Å². The number of hydrogen-bond acceptors (Lipinski definition) is 4. The zero-order chi connectivity index (χ0) is 14.8. The van der Waals surface area contributed by atoms with Crippen molar-refractivity contribution in [1.29, 1.82) is 0 Å². The molecular weight excluding hydrogens is 306 g/mol. The summed E-state index contributed by atoms with van der Waals surface area (Å²) in [5.74, 6) is 0.0481. The van der Waals surface area contributed by atoms with Crippen LogP contribution in [-0.4, -0.2) is 44.1 Å². The van der Waals surface area contributed by atoms with E-state index in [1.165, 1.54) is 9.08 Å². The lowest BCUT2D eigenvalue weighted by Crippen LogP contribution is -2.40. The molecule has 0 spiro atoms. The smallest absolute Gasteiger partial charge is 0.338 e. The van der Waals surface area contributed by atoms with Gasteiger partial charge >= 0.3 is 5.69 Å². The van der Waals surface area contributed by atoms with Gasteiger partial charge in [0, 0.05) is 31.7 Å². The Morgan fingerprint density at radius 1 is 1.41 bits per heavy atom. The quantitative estimate of drug-likeness (QED) is 0.873. The van der Waals surface area contributed by atoms with Gasteiger partial charge in [0.25, 0.3) is 0 Å². The van der Waals surface area contributed by atoms with Gasteiger partial charge in [-0.25, -0.2) is 9.48 Å². The number of aromatic nitrogens is 3. The van der Waals surface area contributed by atoms with Crippen molar-refractivity contribution in [1.82, 2.24) is 19.1 Å². The van der Waals surface area contributed by atoms with Gasteiger partial charge in [-0.05, 0) is 25.0 Å². The molecule has 1 aliphatic heterocycles. The lowest BCUT2D eigenvalue weighted by atomic mass is 10.2. The first-order valence-electron chi connectivity index (χ1n) is 7.24. The number of amides is 1. The van der Waals surface area contributed by atoms with Gasteiger partial charge in [-0.1, -0.05) is 6.07 Å². The molecule has 8 heteroatoms. The summed E-state index contributed by atoms with van der Waals surface area (Å²) >= 11 is 0. The molecule has 1 unspecified atom stereocenters. The lowest BCUT2D eigenvalue weighted by molar-refractivity contribution is -0.132. The summed E-state index contributed by atoms with van der Waals surface area (Å²) in [6, 6.07) is 5.52. The van der Waals surface area contributed by atoms with E-state index in [1.54, 1.807) is 18.3 Å². The minimum Gasteiger partial charge on any atom is -0.338 e. The fourth-order valence-corrected chi connectivity index (χ4v) is 2.87. The van der Waals surface area contributed by atoms with Crippen LogP contribution in [0, 0.1) is 0 Å². The van der Waals surface area contributed by atoms with Crippen LogP contribution < -0.4 is 11.4 Å². The maximum absolute atomic E-state index is 12.2. The summed E-state index contributed by atoms with van der Waals surface area (Å²) in [6.07, 6.45) is 3.92. The first-order chi connectivity index (χ1) is 10.2. The van der Waals surface area contributed by atoms with Gasteiger partial charge in [-0.15, -0.1) is 17.5 Å². The number of aryl methyl sites for hydroxylation is 1. The highest BCUT2D eigenvalue weighted by Gasteiger charge is 2.27. The Morgan fingerprint density at radius 2 is 2.23 bits per heavy atom. The van der Waals surface area contributed by atoms with Crippen LogP contribution >= 0.6 is 12.4 Å². The molecule has 120 valence electrons. The van der Waals surface area contributed by atoms with Crippen molar-refractivity contribution in [3.8, 4) is 0 Å². The van der Waals surface area contributed by atoms with Crippen LogP contribution in [0.5, 0.6) is 0 Å². The molecule has 3 heterocycles. The number of nitrogens with zero attached hydrogens (tertiary/aromatic N) is 4. The van der Waals surface area contributed by atoms with E-state index in [9.17, 15) is 9.59 Å². The molecule has 1 atom stereocenters. The standard InChI is InChI=1S/C14H19N5O2.ClH/c15-10-11-4-3-8-17(11)13(20)6-9-19-14(21)18-7-2-1-5-12(18)16-19;/h1-2,5,7,11H,3-4,6,8-10,15H2;1H. The van der Waals surface area contributed by atoms with Gasteiger partial charge < -0.3 is 10.6 Å². The summed E-state index contributed by atoms with van der Waals surface area (Å²) in [7, 11) is 0. The molecule has 2 aromatic heterocycles. The number of halogens is 1. The lowest BCUT2D eigenvalue weighted by Gasteiger charge is -2.23. The second kappa shape index (κ2) is 6.93. The predicted octanol–water partition coefficient (Wildman–Crippen LogP) is 0.258. The molecule has 7 nitrogen and oxygen atoms in total. The highest BCUT2D eigenvalue weighted by molar-refractivity contribution is 5.85. The van der Waals surface area contributed by atoms with E-state index in [1.807, 2.05) is 11.0 Å². The zero-order valence-corrected chi connectivity index (χ0v) is 13.0. The minimum atomic E-state index is -0.213. The van der Waals surface area contributed by atoms with Crippen LogP contribution in [0.2, 0.25) is 0 Å². The summed E-state index contributed by atoms with van der Waals surface area (Å²) < 4.78 is 2.82. The monoisotopic (exact) mass is 325 g/mol. The maximum Gasteiger partial charge on any atom is 0.350 e. The molecule has 1 aliphatic rings. The average Bonchev–Trinajstić information content (AvgIpc) is 3.10. The Kier molecular flexibility index (Phi) is 5.20. The van der Waals surface area contributed by atoms with Crippen LogP contribution in [0.25, 0.3) is 5.65 Å². The SMILES string of the molecule is Cl.NCC1CCCN1C(=O)CCn1nc2ccccn2c1=O. The van der Waals surface area contributed by atoms with Gasteiger partial charge in [0.05, 0.1) is 6.54 Å². The Morgan fingerprint density at radius 3 is 2.95 bits per heavy atom. The second-order valence-corrected chi connectivity index (χ2v) is 5.30. The van der Waals surface area contributed by atoms with Crippen LogP contribution in [0.4, 0.5) is 0 Å². The number of rotatable bonds is 4. The van der Waals surface area contributed by atoms with Gasteiger partial charge in [0.2, 0.25) is 5.91 Å².